The predicted molar refractivity (Wildman–Crippen MR) is 92.5 cm³/mol. The van der Waals surface area contributed by atoms with Crippen LogP contribution in [0.1, 0.15) is 18.5 Å². The highest BCUT2D eigenvalue weighted by atomic mass is 32.1. The zero-order valence-electron chi connectivity index (χ0n) is 12.9. The molecule has 1 atom stereocenters. The largest absolute Gasteiger partial charge is 0.494 e. The summed E-state index contributed by atoms with van der Waals surface area (Å²) in [7, 11) is 1.46. The molecule has 3 rings (SSSR count). The van der Waals surface area contributed by atoms with Gasteiger partial charge in [-0.1, -0.05) is 36.4 Å². The van der Waals surface area contributed by atoms with Gasteiger partial charge in [0, 0.05) is 10.9 Å². The molecule has 5 heteroatoms. The van der Waals surface area contributed by atoms with Crippen LogP contribution in [0.3, 0.4) is 0 Å². The van der Waals surface area contributed by atoms with Gasteiger partial charge in [0.15, 0.2) is 16.7 Å². The molecule has 0 bridgehead atoms. The third-order valence-corrected chi connectivity index (χ3v) is 4.36. The fourth-order valence-electron chi connectivity index (χ4n) is 2.30. The fourth-order valence-corrected chi connectivity index (χ4v) is 3.11. The molecule has 0 amide bonds. The van der Waals surface area contributed by atoms with Gasteiger partial charge < -0.3 is 10.1 Å². The predicted octanol–water partition coefficient (Wildman–Crippen LogP) is 5.13. The molecule has 2 aromatic carbocycles. The van der Waals surface area contributed by atoms with Gasteiger partial charge in [-0.3, -0.25) is 0 Å². The smallest absolute Gasteiger partial charge is 0.183 e. The molecule has 1 heterocycles. The minimum Gasteiger partial charge on any atom is -0.494 e. The van der Waals surface area contributed by atoms with Crippen molar-refractivity contribution in [2.45, 2.75) is 13.0 Å². The van der Waals surface area contributed by atoms with Gasteiger partial charge in [-0.05, 0) is 24.6 Å². The van der Waals surface area contributed by atoms with E-state index in [4.69, 9.17) is 4.74 Å². The number of hydrogen-bond acceptors (Lipinski definition) is 4. The van der Waals surface area contributed by atoms with E-state index < -0.39 is 0 Å². The van der Waals surface area contributed by atoms with Crippen LogP contribution in [-0.4, -0.2) is 12.1 Å². The highest BCUT2D eigenvalue weighted by Gasteiger charge is 2.12. The maximum absolute atomic E-state index is 13.8. The Hall–Kier alpha value is -2.40. The van der Waals surface area contributed by atoms with Crippen LogP contribution in [0.25, 0.3) is 11.3 Å². The molecule has 0 aliphatic heterocycles. The molecule has 3 nitrogen and oxygen atoms in total. The number of benzene rings is 2. The number of aromatic nitrogens is 1. The quantitative estimate of drug-likeness (QED) is 0.705. The van der Waals surface area contributed by atoms with Crippen LogP contribution in [0.15, 0.2) is 53.9 Å². The summed E-state index contributed by atoms with van der Waals surface area (Å²) in [6, 6.07) is 14.9. The molecule has 23 heavy (non-hydrogen) atoms. The van der Waals surface area contributed by atoms with E-state index in [1.807, 2.05) is 48.7 Å². The Balaban J connectivity index is 1.74. The Bertz CT molecular complexity index is 789. The van der Waals surface area contributed by atoms with E-state index in [1.54, 1.807) is 6.07 Å². The molecule has 0 aliphatic rings. The molecule has 0 aliphatic carbocycles. The first-order valence-corrected chi connectivity index (χ1v) is 8.16. The van der Waals surface area contributed by atoms with Crippen LogP contribution in [0.2, 0.25) is 0 Å². The van der Waals surface area contributed by atoms with Crippen LogP contribution >= 0.6 is 11.3 Å². The second-order valence-electron chi connectivity index (χ2n) is 5.16. The highest BCUT2D eigenvalue weighted by Crippen LogP contribution is 2.28. The van der Waals surface area contributed by atoms with E-state index in [0.717, 1.165) is 22.0 Å². The lowest BCUT2D eigenvalue weighted by Gasteiger charge is -2.14. The minimum atomic E-state index is -0.359. The average Bonchev–Trinajstić information content (AvgIpc) is 3.04. The summed E-state index contributed by atoms with van der Waals surface area (Å²) < 4.78 is 18.8. The number of rotatable bonds is 5. The zero-order chi connectivity index (χ0) is 16.2. The summed E-state index contributed by atoms with van der Waals surface area (Å²) in [4.78, 5) is 4.59. The van der Waals surface area contributed by atoms with E-state index in [0.29, 0.717) is 0 Å². The van der Waals surface area contributed by atoms with Crippen LogP contribution < -0.4 is 10.1 Å². The number of nitrogens with zero attached hydrogens (tertiary/aromatic N) is 1. The van der Waals surface area contributed by atoms with Gasteiger partial charge in [-0.25, -0.2) is 9.37 Å². The van der Waals surface area contributed by atoms with Gasteiger partial charge in [0.1, 0.15) is 0 Å². The second kappa shape index (κ2) is 6.79. The van der Waals surface area contributed by atoms with Crippen LogP contribution in [0.5, 0.6) is 5.75 Å². The number of methoxy groups -OCH3 is 1. The molecule has 118 valence electrons. The van der Waals surface area contributed by atoms with E-state index in [9.17, 15) is 4.39 Å². The lowest BCUT2D eigenvalue weighted by molar-refractivity contribution is 0.386. The number of thiazole rings is 1. The van der Waals surface area contributed by atoms with Crippen LogP contribution in [0.4, 0.5) is 9.52 Å². The molecule has 3 aromatic rings. The standard InChI is InChI=1S/C18H17FN2OS/c1-12(14-8-9-17(22-2)15(19)10-14)20-18-21-16(11-23-18)13-6-4-3-5-7-13/h3-12H,1-2H3,(H,20,21)/t12-/m1/s1. The monoisotopic (exact) mass is 328 g/mol. The zero-order valence-corrected chi connectivity index (χ0v) is 13.7. The van der Waals surface area contributed by atoms with E-state index in [2.05, 4.69) is 10.3 Å². The van der Waals surface area contributed by atoms with Crippen molar-refractivity contribution in [3.63, 3.8) is 0 Å². The van der Waals surface area contributed by atoms with Crippen molar-refractivity contribution >= 4 is 16.5 Å². The lowest BCUT2D eigenvalue weighted by atomic mass is 10.1. The highest BCUT2D eigenvalue weighted by molar-refractivity contribution is 7.14. The van der Waals surface area contributed by atoms with Crippen molar-refractivity contribution < 1.29 is 9.13 Å². The first-order chi connectivity index (χ1) is 11.2. The average molecular weight is 328 g/mol. The van der Waals surface area contributed by atoms with Crippen molar-refractivity contribution in [3.8, 4) is 17.0 Å². The SMILES string of the molecule is COc1ccc([C@@H](C)Nc2nc(-c3ccccc3)cs2)cc1F. The Morgan fingerprint density at radius 2 is 1.96 bits per heavy atom. The van der Waals surface area contributed by atoms with Gasteiger partial charge in [-0.2, -0.15) is 0 Å². The lowest BCUT2D eigenvalue weighted by Crippen LogP contribution is -2.07. The Labute approximate surface area is 138 Å². The summed E-state index contributed by atoms with van der Waals surface area (Å²) in [5, 5.41) is 6.14. The van der Waals surface area contributed by atoms with Gasteiger partial charge >= 0.3 is 0 Å². The summed E-state index contributed by atoms with van der Waals surface area (Å²) in [6.45, 7) is 1.98. The Kier molecular flexibility index (Phi) is 4.57. The number of nitrogens with one attached hydrogen (secondary N) is 1. The summed E-state index contributed by atoms with van der Waals surface area (Å²) in [6.07, 6.45) is 0. The van der Waals surface area contributed by atoms with E-state index >= 15 is 0 Å². The third-order valence-electron chi connectivity index (χ3n) is 3.59. The van der Waals surface area contributed by atoms with Crippen LogP contribution in [0, 0.1) is 5.82 Å². The van der Waals surface area contributed by atoms with E-state index in [1.165, 1.54) is 24.5 Å². The molecule has 0 radical (unpaired) electrons. The Morgan fingerprint density at radius 1 is 1.17 bits per heavy atom. The van der Waals surface area contributed by atoms with Crippen molar-refractivity contribution in [2.75, 3.05) is 12.4 Å². The first kappa shape index (κ1) is 15.5. The molecule has 1 N–H and O–H groups in total. The molecular weight excluding hydrogens is 311 g/mol. The van der Waals surface area contributed by atoms with Crippen molar-refractivity contribution in [3.05, 3.63) is 65.3 Å². The number of halogens is 1. The normalized spacial score (nSPS) is 12.0. The number of anilines is 1. The summed E-state index contributed by atoms with van der Waals surface area (Å²) in [5.41, 5.74) is 2.87. The maximum atomic E-state index is 13.8. The second-order valence-corrected chi connectivity index (χ2v) is 6.02. The van der Waals surface area contributed by atoms with E-state index in [-0.39, 0.29) is 17.6 Å². The molecule has 0 fully saturated rings. The third kappa shape index (κ3) is 3.51. The summed E-state index contributed by atoms with van der Waals surface area (Å²) in [5.74, 6) is -0.107. The Morgan fingerprint density at radius 3 is 2.65 bits per heavy atom. The number of hydrogen-bond donors (Lipinski definition) is 1. The summed E-state index contributed by atoms with van der Waals surface area (Å²) >= 11 is 1.54. The molecule has 0 saturated carbocycles. The van der Waals surface area contributed by atoms with Gasteiger partial charge in [0.25, 0.3) is 0 Å². The van der Waals surface area contributed by atoms with Crippen LogP contribution in [-0.2, 0) is 0 Å². The maximum Gasteiger partial charge on any atom is 0.183 e. The van der Waals surface area contributed by atoms with Crippen molar-refractivity contribution in [2.24, 2.45) is 0 Å². The molecular formula is C18H17FN2OS. The van der Waals surface area contributed by atoms with Gasteiger partial charge in [-0.15, -0.1) is 11.3 Å². The molecule has 0 unspecified atom stereocenters. The minimum absolute atomic E-state index is 0.0508. The van der Waals surface area contributed by atoms with Gasteiger partial charge in [0.2, 0.25) is 0 Å². The molecule has 0 saturated heterocycles. The fraction of sp³-hybridized carbons (Fsp3) is 0.167. The molecule has 1 aromatic heterocycles. The van der Waals surface area contributed by atoms with Crippen molar-refractivity contribution in [1.82, 2.24) is 4.98 Å². The van der Waals surface area contributed by atoms with Gasteiger partial charge in [0.05, 0.1) is 18.8 Å². The topological polar surface area (TPSA) is 34.1 Å². The molecule has 0 spiro atoms. The number of ether oxygens (including phenoxy) is 1. The van der Waals surface area contributed by atoms with Crippen molar-refractivity contribution in [1.29, 1.82) is 0 Å². The first-order valence-electron chi connectivity index (χ1n) is 7.28.